The third kappa shape index (κ3) is 3.98. The molecule has 5 heteroatoms. The maximum absolute atomic E-state index is 12.0. The Morgan fingerprint density at radius 3 is 2.40 bits per heavy atom. The first kappa shape index (κ1) is 15.5. The lowest BCUT2D eigenvalue weighted by Crippen LogP contribution is -2.40. The molecule has 0 heterocycles. The van der Waals surface area contributed by atoms with E-state index in [2.05, 4.69) is 18.5 Å². The van der Waals surface area contributed by atoms with Crippen molar-refractivity contribution >= 4 is 23.2 Å². The molecule has 0 saturated heterocycles. The number of nitrogen functional groups attached to an aromatic ring is 1. The molecule has 0 unspecified atom stereocenters. The molecule has 1 rings (SSSR count). The highest BCUT2D eigenvalue weighted by Gasteiger charge is 2.20. The predicted octanol–water partition coefficient (Wildman–Crippen LogP) is 1.72. The van der Waals surface area contributed by atoms with Crippen LogP contribution in [-0.2, 0) is 9.59 Å². The molecule has 0 radical (unpaired) electrons. The highest BCUT2D eigenvalue weighted by atomic mass is 16.2. The largest absolute Gasteiger partial charge is 0.397 e. The third-order valence-corrected chi connectivity index (χ3v) is 2.64. The van der Waals surface area contributed by atoms with Gasteiger partial charge in [-0.1, -0.05) is 18.2 Å². The number of carbonyl (C=O) groups is 2. The molecule has 0 aliphatic carbocycles. The minimum absolute atomic E-state index is 0.279. The average molecular weight is 273 g/mol. The summed E-state index contributed by atoms with van der Waals surface area (Å²) in [5.74, 6) is -1.38. The molecule has 0 spiro atoms. The number of amides is 2. The number of hydrogen-bond acceptors (Lipinski definition) is 3. The average Bonchev–Trinajstić information content (AvgIpc) is 2.40. The van der Waals surface area contributed by atoms with E-state index in [-0.39, 0.29) is 13.1 Å². The third-order valence-electron chi connectivity index (χ3n) is 2.64. The molecule has 3 N–H and O–H groups in total. The van der Waals surface area contributed by atoms with Gasteiger partial charge in [0.1, 0.15) is 0 Å². The number of rotatable bonds is 5. The number of nitrogens with one attached hydrogen (secondary N) is 1. The Labute approximate surface area is 118 Å². The first-order valence-electron chi connectivity index (χ1n) is 6.17. The van der Waals surface area contributed by atoms with Gasteiger partial charge in [0, 0.05) is 13.1 Å². The lowest BCUT2D eigenvalue weighted by atomic mass is 10.2. The quantitative estimate of drug-likeness (QED) is 0.487. The molecule has 1 aromatic rings. The summed E-state index contributed by atoms with van der Waals surface area (Å²) in [6.07, 6.45) is 3.10. The summed E-state index contributed by atoms with van der Waals surface area (Å²) in [6, 6.07) is 5.20. The van der Waals surface area contributed by atoms with Gasteiger partial charge < -0.3 is 16.0 Å². The van der Waals surface area contributed by atoms with Crippen LogP contribution in [0.1, 0.15) is 5.56 Å². The molecule has 20 heavy (non-hydrogen) atoms. The Hall–Kier alpha value is -2.56. The summed E-state index contributed by atoms with van der Waals surface area (Å²) in [4.78, 5) is 25.2. The molecule has 5 nitrogen and oxygen atoms in total. The number of anilines is 2. The molecule has 2 amide bonds. The summed E-state index contributed by atoms with van der Waals surface area (Å²) >= 11 is 0. The van der Waals surface area contributed by atoms with Crippen LogP contribution >= 0.6 is 0 Å². The van der Waals surface area contributed by atoms with Crippen LogP contribution in [0, 0.1) is 6.92 Å². The Bertz CT molecular complexity index is 528. The van der Waals surface area contributed by atoms with Crippen LogP contribution in [0.5, 0.6) is 0 Å². The number of nitrogens with zero attached hydrogens (tertiary/aromatic N) is 1. The van der Waals surface area contributed by atoms with Gasteiger partial charge in [0.15, 0.2) is 0 Å². The van der Waals surface area contributed by atoms with Gasteiger partial charge in [-0.15, -0.1) is 13.2 Å². The van der Waals surface area contributed by atoms with E-state index < -0.39 is 11.8 Å². The standard InChI is InChI=1S/C15H19N3O2/c1-4-8-18(9-5-2)15(20)14(19)17-13-7-6-11(3)10-12(13)16/h4-7,10H,1-2,8-9,16H2,3H3,(H,17,19). The summed E-state index contributed by atoms with van der Waals surface area (Å²) in [6.45, 7) is 9.56. The van der Waals surface area contributed by atoms with Crippen LogP contribution in [0.25, 0.3) is 0 Å². The first-order chi connectivity index (χ1) is 9.49. The van der Waals surface area contributed by atoms with E-state index in [0.717, 1.165) is 5.56 Å². The van der Waals surface area contributed by atoms with Crippen molar-refractivity contribution in [2.45, 2.75) is 6.92 Å². The molecule has 0 aliphatic rings. The van der Waals surface area contributed by atoms with Gasteiger partial charge in [0.2, 0.25) is 0 Å². The van der Waals surface area contributed by atoms with Crippen molar-refractivity contribution < 1.29 is 9.59 Å². The highest BCUT2D eigenvalue weighted by Crippen LogP contribution is 2.19. The Morgan fingerprint density at radius 1 is 1.30 bits per heavy atom. The minimum Gasteiger partial charge on any atom is -0.397 e. The van der Waals surface area contributed by atoms with E-state index in [1.54, 1.807) is 24.3 Å². The maximum atomic E-state index is 12.0. The van der Waals surface area contributed by atoms with Crippen molar-refractivity contribution in [3.8, 4) is 0 Å². The van der Waals surface area contributed by atoms with Crippen LogP contribution in [0.15, 0.2) is 43.5 Å². The van der Waals surface area contributed by atoms with Gasteiger partial charge >= 0.3 is 11.8 Å². The van der Waals surface area contributed by atoms with Gasteiger partial charge in [-0.2, -0.15) is 0 Å². The zero-order chi connectivity index (χ0) is 15.1. The minimum atomic E-state index is -0.732. The van der Waals surface area contributed by atoms with Crippen molar-refractivity contribution in [2.75, 3.05) is 24.1 Å². The highest BCUT2D eigenvalue weighted by molar-refractivity contribution is 6.39. The van der Waals surface area contributed by atoms with E-state index in [1.165, 1.54) is 4.90 Å². The molecule has 0 fully saturated rings. The van der Waals surface area contributed by atoms with E-state index >= 15 is 0 Å². The van der Waals surface area contributed by atoms with Crippen LogP contribution in [0.3, 0.4) is 0 Å². The van der Waals surface area contributed by atoms with Crippen molar-refractivity contribution in [2.24, 2.45) is 0 Å². The molecular formula is C15H19N3O2. The maximum Gasteiger partial charge on any atom is 0.313 e. The second kappa shape index (κ2) is 7.13. The number of nitrogens with two attached hydrogens (primary N) is 1. The van der Waals surface area contributed by atoms with Crippen LogP contribution in [0.2, 0.25) is 0 Å². The van der Waals surface area contributed by atoms with Gasteiger partial charge in [-0.3, -0.25) is 9.59 Å². The Kier molecular flexibility index (Phi) is 5.53. The zero-order valence-corrected chi connectivity index (χ0v) is 11.6. The first-order valence-corrected chi connectivity index (χ1v) is 6.17. The van der Waals surface area contributed by atoms with Crippen LogP contribution < -0.4 is 11.1 Å². The fourth-order valence-corrected chi connectivity index (χ4v) is 1.67. The Morgan fingerprint density at radius 2 is 1.90 bits per heavy atom. The normalized spacial score (nSPS) is 9.65. The lowest BCUT2D eigenvalue weighted by Gasteiger charge is -2.18. The molecule has 0 aromatic heterocycles. The monoisotopic (exact) mass is 273 g/mol. The second-order valence-corrected chi connectivity index (χ2v) is 4.33. The van der Waals surface area contributed by atoms with Crippen molar-refractivity contribution in [3.05, 3.63) is 49.1 Å². The van der Waals surface area contributed by atoms with Crippen LogP contribution in [-0.4, -0.2) is 29.8 Å². The topological polar surface area (TPSA) is 75.4 Å². The molecule has 0 atom stereocenters. The van der Waals surface area contributed by atoms with E-state index in [9.17, 15) is 9.59 Å². The number of carbonyl (C=O) groups excluding carboxylic acids is 2. The molecule has 0 aliphatic heterocycles. The molecule has 1 aromatic carbocycles. The van der Waals surface area contributed by atoms with Crippen LogP contribution in [0.4, 0.5) is 11.4 Å². The fraction of sp³-hybridized carbons (Fsp3) is 0.200. The molecule has 106 valence electrons. The SMILES string of the molecule is C=CCN(CC=C)C(=O)C(=O)Nc1ccc(C)cc1N. The summed E-state index contributed by atoms with van der Waals surface area (Å²) in [5, 5.41) is 2.51. The molecular weight excluding hydrogens is 254 g/mol. The van der Waals surface area contributed by atoms with Crippen molar-refractivity contribution in [1.29, 1.82) is 0 Å². The van der Waals surface area contributed by atoms with E-state index in [1.807, 2.05) is 13.0 Å². The lowest BCUT2D eigenvalue weighted by molar-refractivity contribution is -0.142. The van der Waals surface area contributed by atoms with Gasteiger partial charge in [0.25, 0.3) is 0 Å². The number of benzene rings is 1. The number of hydrogen-bond donors (Lipinski definition) is 2. The van der Waals surface area contributed by atoms with Gasteiger partial charge in [0.05, 0.1) is 11.4 Å². The van der Waals surface area contributed by atoms with Gasteiger partial charge in [-0.25, -0.2) is 0 Å². The summed E-state index contributed by atoms with van der Waals surface area (Å²) in [7, 11) is 0. The zero-order valence-electron chi connectivity index (χ0n) is 11.6. The fourth-order valence-electron chi connectivity index (χ4n) is 1.67. The van der Waals surface area contributed by atoms with E-state index in [4.69, 9.17) is 5.73 Å². The van der Waals surface area contributed by atoms with E-state index in [0.29, 0.717) is 11.4 Å². The van der Waals surface area contributed by atoms with Gasteiger partial charge in [-0.05, 0) is 24.6 Å². The summed E-state index contributed by atoms with van der Waals surface area (Å²) in [5.41, 5.74) is 7.61. The smallest absolute Gasteiger partial charge is 0.313 e. The van der Waals surface area contributed by atoms with Crippen molar-refractivity contribution in [3.63, 3.8) is 0 Å². The predicted molar refractivity (Wildman–Crippen MR) is 81.2 cm³/mol. The van der Waals surface area contributed by atoms with Crippen molar-refractivity contribution in [1.82, 2.24) is 4.90 Å². The number of aryl methyl sites for hydroxylation is 1. The second-order valence-electron chi connectivity index (χ2n) is 4.33. The summed E-state index contributed by atoms with van der Waals surface area (Å²) < 4.78 is 0. The molecule has 0 bridgehead atoms. The Balaban J connectivity index is 2.80. The molecule has 0 saturated carbocycles.